The number of nitrogens with one attached hydrogen (secondary N) is 1. The molecule has 0 aliphatic heterocycles. The van der Waals surface area contributed by atoms with E-state index in [-0.39, 0.29) is 12.2 Å². The summed E-state index contributed by atoms with van der Waals surface area (Å²) < 4.78 is 9.79. The minimum atomic E-state index is -0.368. The van der Waals surface area contributed by atoms with Crippen LogP contribution in [0.5, 0.6) is 0 Å². The Bertz CT molecular complexity index is 155. The average Bonchev–Trinajstić information content (AvgIpc) is 2.16. The highest BCUT2D eigenvalue weighted by atomic mass is 16.7. The third kappa shape index (κ3) is 6.31. The van der Waals surface area contributed by atoms with Crippen LogP contribution in [0.4, 0.5) is 0 Å². The fourth-order valence-electron chi connectivity index (χ4n) is 0.782. The predicted molar refractivity (Wildman–Crippen MR) is 50.2 cm³/mol. The maximum atomic E-state index is 11.1. The molecule has 1 N–H and O–H groups in total. The van der Waals surface area contributed by atoms with Crippen molar-refractivity contribution in [1.82, 2.24) is 5.32 Å². The number of hydrogen-bond donors (Lipinski definition) is 1. The van der Waals surface area contributed by atoms with Crippen LogP contribution in [0.25, 0.3) is 0 Å². The Balaban J connectivity index is 3.49. The van der Waals surface area contributed by atoms with Crippen LogP contribution in [0.15, 0.2) is 12.7 Å². The summed E-state index contributed by atoms with van der Waals surface area (Å²) in [6.07, 6.45) is 2.50. The summed E-state index contributed by atoms with van der Waals surface area (Å²) in [4.78, 5) is 11.1. The van der Waals surface area contributed by atoms with E-state index >= 15 is 0 Å². The number of hydrogen-bond acceptors (Lipinski definition) is 3. The lowest BCUT2D eigenvalue weighted by molar-refractivity contribution is -0.127. The molecule has 0 heterocycles. The molecule has 0 bridgehead atoms. The van der Waals surface area contributed by atoms with Gasteiger partial charge in [0, 0.05) is 20.6 Å². The van der Waals surface area contributed by atoms with E-state index in [9.17, 15) is 4.79 Å². The summed E-state index contributed by atoms with van der Waals surface area (Å²) in [5.74, 6) is -0.0148. The standard InChI is InChI=1S/C9H17NO3/c1-4-5-6-8(11)10-7-9(12-2)13-3/h4,9H,1,5-7H2,2-3H3,(H,10,11). The molecule has 4 nitrogen and oxygen atoms in total. The number of ether oxygens (including phenoxy) is 2. The fraction of sp³-hybridized carbons (Fsp3) is 0.667. The molecule has 0 unspecified atom stereocenters. The van der Waals surface area contributed by atoms with Crippen molar-refractivity contribution < 1.29 is 14.3 Å². The van der Waals surface area contributed by atoms with Gasteiger partial charge >= 0.3 is 0 Å². The second-order valence-corrected chi connectivity index (χ2v) is 2.53. The van der Waals surface area contributed by atoms with Gasteiger partial charge in [-0.15, -0.1) is 6.58 Å². The number of amides is 1. The van der Waals surface area contributed by atoms with E-state index in [2.05, 4.69) is 11.9 Å². The van der Waals surface area contributed by atoms with Crippen molar-refractivity contribution in [3.05, 3.63) is 12.7 Å². The maximum Gasteiger partial charge on any atom is 0.220 e. The molecule has 0 aromatic carbocycles. The van der Waals surface area contributed by atoms with Gasteiger partial charge in [0.25, 0.3) is 0 Å². The van der Waals surface area contributed by atoms with Gasteiger partial charge in [0.1, 0.15) is 0 Å². The monoisotopic (exact) mass is 187 g/mol. The molecule has 0 rings (SSSR count). The van der Waals surface area contributed by atoms with Crippen LogP contribution in [0, 0.1) is 0 Å². The topological polar surface area (TPSA) is 47.6 Å². The van der Waals surface area contributed by atoms with Gasteiger partial charge < -0.3 is 14.8 Å². The zero-order chi connectivity index (χ0) is 10.1. The normalized spacial score (nSPS) is 10.1. The van der Waals surface area contributed by atoms with E-state index in [4.69, 9.17) is 9.47 Å². The van der Waals surface area contributed by atoms with Crippen LogP contribution in [0.2, 0.25) is 0 Å². The lowest BCUT2D eigenvalue weighted by Crippen LogP contribution is -2.33. The van der Waals surface area contributed by atoms with Crippen molar-refractivity contribution in [3.8, 4) is 0 Å². The molecule has 13 heavy (non-hydrogen) atoms. The molecule has 0 aliphatic rings. The molecule has 0 fully saturated rings. The van der Waals surface area contributed by atoms with Crippen LogP contribution in [-0.4, -0.2) is 33.0 Å². The molecule has 0 spiro atoms. The van der Waals surface area contributed by atoms with Gasteiger partial charge in [-0.05, 0) is 6.42 Å². The van der Waals surface area contributed by atoms with Gasteiger partial charge in [-0.1, -0.05) is 6.08 Å². The molecule has 0 saturated heterocycles. The van der Waals surface area contributed by atoms with E-state index in [0.717, 1.165) is 0 Å². The van der Waals surface area contributed by atoms with Crippen LogP contribution < -0.4 is 5.32 Å². The van der Waals surface area contributed by atoms with Crippen LogP contribution >= 0.6 is 0 Å². The lowest BCUT2D eigenvalue weighted by atomic mass is 10.3. The summed E-state index contributed by atoms with van der Waals surface area (Å²) in [5, 5.41) is 2.68. The van der Waals surface area contributed by atoms with E-state index in [1.807, 2.05) is 0 Å². The number of carbonyl (C=O) groups is 1. The first-order valence-corrected chi connectivity index (χ1v) is 4.17. The third-order valence-corrected chi connectivity index (χ3v) is 1.57. The van der Waals surface area contributed by atoms with E-state index in [1.165, 1.54) is 14.2 Å². The van der Waals surface area contributed by atoms with Gasteiger partial charge in [0.15, 0.2) is 6.29 Å². The molecule has 0 aromatic heterocycles. The second kappa shape index (κ2) is 7.76. The summed E-state index contributed by atoms with van der Waals surface area (Å²) >= 11 is 0. The Morgan fingerprint density at radius 2 is 2.15 bits per heavy atom. The van der Waals surface area contributed by atoms with E-state index in [0.29, 0.717) is 19.4 Å². The first kappa shape index (κ1) is 12.1. The Morgan fingerprint density at radius 3 is 2.62 bits per heavy atom. The number of rotatable bonds is 7. The predicted octanol–water partition coefficient (Wildman–Crippen LogP) is 0.688. The van der Waals surface area contributed by atoms with Gasteiger partial charge in [0.05, 0.1) is 6.54 Å². The van der Waals surface area contributed by atoms with Gasteiger partial charge in [-0.2, -0.15) is 0 Å². The maximum absolute atomic E-state index is 11.1. The summed E-state index contributed by atoms with van der Waals surface area (Å²) in [5.41, 5.74) is 0. The summed E-state index contributed by atoms with van der Waals surface area (Å²) in [6.45, 7) is 3.91. The highest BCUT2D eigenvalue weighted by Crippen LogP contribution is 1.91. The third-order valence-electron chi connectivity index (χ3n) is 1.57. The SMILES string of the molecule is C=CCCC(=O)NCC(OC)OC. The Hall–Kier alpha value is -0.870. The Kier molecular flexibility index (Phi) is 7.24. The smallest absolute Gasteiger partial charge is 0.220 e. The first-order chi connectivity index (χ1) is 6.24. The Labute approximate surface area is 78.9 Å². The number of carbonyl (C=O) groups excluding carboxylic acids is 1. The highest BCUT2D eigenvalue weighted by Gasteiger charge is 2.06. The van der Waals surface area contributed by atoms with E-state index < -0.39 is 0 Å². The van der Waals surface area contributed by atoms with Crippen LogP contribution in [0.1, 0.15) is 12.8 Å². The number of allylic oxidation sites excluding steroid dienone is 1. The van der Waals surface area contributed by atoms with Gasteiger partial charge in [-0.25, -0.2) is 0 Å². The fourth-order valence-corrected chi connectivity index (χ4v) is 0.782. The van der Waals surface area contributed by atoms with Gasteiger partial charge in [0.2, 0.25) is 5.91 Å². The number of methoxy groups -OCH3 is 2. The minimum Gasteiger partial charge on any atom is -0.354 e. The van der Waals surface area contributed by atoms with E-state index in [1.54, 1.807) is 6.08 Å². The molecule has 0 aromatic rings. The second-order valence-electron chi connectivity index (χ2n) is 2.53. The summed E-state index contributed by atoms with van der Waals surface area (Å²) in [7, 11) is 3.06. The largest absolute Gasteiger partial charge is 0.354 e. The lowest BCUT2D eigenvalue weighted by Gasteiger charge is -2.13. The molecule has 0 saturated carbocycles. The highest BCUT2D eigenvalue weighted by molar-refractivity contribution is 5.75. The molecule has 4 heteroatoms. The van der Waals surface area contributed by atoms with Crippen molar-refractivity contribution in [2.45, 2.75) is 19.1 Å². The zero-order valence-electron chi connectivity index (χ0n) is 8.21. The van der Waals surface area contributed by atoms with Crippen LogP contribution in [0.3, 0.4) is 0 Å². The zero-order valence-corrected chi connectivity index (χ0v) is 8.21. The first-order valence-electron chi connectivity index (χ1n) is 4.17. The Morgan fingerprint density at radius 1 is 1.54 bits per heavy atom. The van der Waals surface area contributed by atoms with Crippen molar-refractivity contribution >= 4 is 5.91 Å². The molecule has 0 aliphatic carbocycles. The molecular formula is C9H17NO3. The quantitative estimate of drug-likeness (QED) is 0.471. The van der Waals surface area contributed by atoms with Crippen LogP contribution in [-0.2, 0) is 14.3 Å². The minimum absolute atomic E-state index is 0.0148. The average molecular weight is 187 g/mol. The van der Waals surface area contributed by atoms with Crippen molar-refractivity contribution in [3.63, 3.8) is 0 Å². The molecule has 1 amide bonds. The summed E-state index contributed by atoms with van der Waals surface area (Å²) in [6, 6.07) is 0. The molecular weight excluding hydrogens is 170 g/mol. The van der Waals surface area contributed by atoms with Crippen molar-refractivity contribution in [2.75, 3.05) is 20.8 Å². The molecule has 76 valence electrons. The van der Waals surface area contributed by atoms with Gasteiger partial charge in [-0.3, -0.25) is 4.79 Å². The van der Waals surface area contributed by atoms with Crippen molar-refractivity contribution in [1.29, 1.82) is 0 Å². The molecule has 0 atom stereocenters. The van der Waals surface area contributed by atoms with Crippen molar-refractivity contribution in [2.24, 2.45) is 0 Å². The molecule has 0 radical (unpaired) electrons.